The van der Waals surface area contributed by atoms with Crippen LogP contribution in [-0.4, -0.2) is 26.4 Å². The molecule has 0 fully saturated rings. The van der Waals surface area contributed by atoms with E-state index in [-0.39, 0.29) is 5.56 Å². The number of hydrogen-bond donors (Lipinski definition) is 1. The molecule has 1 aromatic carbocycles. The predicted molar refractivity (Wildman–Crippen MR) is 55.8 cm³/mol. The van der Waals surface area contributed by atoms with Crippen molar-refractivity contribution in [2.24, 2.45) is 5.14 Å². The van der Waals surface area contributed by atoms with Gasteiger partial charge >= 0.3 is 5.97 Å². The lowest BCUT2D eigenvalue weighted by Crippen LogP contribution is -2.14. The second-order valence-corrected chi connectivity index (χ2v) is 4.53. The van der Waals surface area contributed by atoms with Crippen LogP contribution >= 0.6 is 0 Å². The summed E-state index contributed by atoms with van der Waals surface area (Å²) < 4.78 is 26.3. The van der Waals surface area contributed by atoms with Gasteiger partial charge in [-0.05, 0) is 12.1 Å². The summed E-state index contributed by atoms with van der Waals surface area (Å²) in [5, 5.41) is 15.5. The van der Waals surface area contributed by atoms with Gasteiger partial charge in [0.15, 0.2) is 0 Å². The van der Waals surface area contributed by atoms with Crippen molar-refractivity contribution < 1.29 is 22.9 Å². The lowest BCUT2D eigenvalue weighted by molar-refractivity contribution is -0.385. The van der Waals surface area contributed by atoms with Gasteiger partial charge in [0.1, 0.15) is 5.56 Å². The molecular formula is C8H8N2O6S. The Balaban J connectivity index is 3.48. The van der Waals surface area contributed by atoms with Crippen molar-refractivity contribution in [1.29, 1.82) is 0 Å². The van der Waals surface area contributed by atoms with Gasteiger partial charge < -0.3 is 4.74 Å². The molecule has 9 heteroatoms. The summed E-state index contributed by atoms with van der Waals surface area (Å²) >= 11 is 0. The number of hydrogen-bond acceptors (Lipinski definition) is 6. The zero-order chi connectivity index (χ0) is 13.2. The molecule has 0 aliphatic heterocycles. The van der Waals surface area contributed by atoms with Crippen molar-refractivity contribution in [3.63, 3.8) is 0 Å². The predicted octanol–water partition coefficient (Wildman–Crippen LogP) is 0.0288. The molecule has 2 N–H and O–H groups in total. The topological polar surface area (TPSA) is 130 Å². The highest BCUT2D eigenvalue weighted by Gasteiger charge is 2.23. The van der Waals surface area contributed by atoms with Gasteiger partial charge in [0, 0.05) is 6.07 Å². The van der Waals surface area contributed by atoms with Gasteiger partial charge in [0.2, 0.25) is 10.0 Å². The lowest BCUT2D eigenvalue weighted by atomic mass is 10.2. The fourth-order valence-corrected chi connectivity index (χ4v) is 1.66. The molecule has 0 saturated heterocycles. The number of benzene rings is 1. The minimum absolute atomic E-state index is 0.343. The van der Waals surface area contributed by atoms with E-state index < -0.39 is 31.5 Å². The number of sulfonamides is 1. The van der Waals surface area contributed by atoms with Crippen molar-refractivity contribution in [1.82, 2.24) is 0 Å². The van der Waals surface area contributed by atoms with E-state index in [9.17, 15) is 23.3 Å². The molecule has 0 atom stereocenters. The molecule has 0 bridgehead atoms. The quantitative estimate of drug-likeness (QED) is 0.463. The average molecular weight is 260 g/mol. The molecule has 1 aromatic rings. The number of carbonyl (C=O) groups is 1. The normalized spacial score (nSPS) is 10.9. The standard InChI is InChI=1S/C8H8N2O6S/c1-16-8(11)6-3-2-5(17(9,14)15)4-7(6)10(12)13/h2-4H,1H3,(H2,9,14,15). The highest BCUT2D eigenvalue weighted by Crippen LogP contribution is 2.22. The number of esters is 1. The van der Waals surface area contributed by atoms with Crippen LogP contribution < -0.4 is 5.14 Å². The van der Waals surface area contributed by atoms with E-state index in [2.05, 4.69) is 4.74 Å². The highest BCUT2D eigenvalue weighted by molar-refractivity contribution is 7.89. The summed E-state index contributed by atoms with van der Waals surface area (Å²) in [7, 11) is -3.01. The van der Waals surface area contributed by atoms with Crippen molar-refractivity contribution in [3.05, 3.63) is 33.9 Å². The summed E-state index contributed by atoms with van der Waals surface area (Å²) in [5.41, 5.74) is -1.02. The van der Waals surface area contributed by atoms with E-state index in [0.29, 0.717) is 6.07 Å². The summed E-state index contributed by atoms with van der Waals surface area (Å²) in [5.74, 6) is -0.933. The zero-order valence-electron chi connectivity index (χ0n) is 8.61. The number of primary sulfonamides is 1. The van der Waals surface area contributed by atoms with E-state index in [0.717, 1.165) is 19.2 Å². The number of nitrogens with zero attached hydrogens (tertiary/aromatic N) is 1. The van der Waals surface area contributed by atoms with E-state index >= 15 is 0 Å². The Morgan fingerprint density at radius 3 is 2.47 bits per heavy atom. The first kappa shape index (κ1) is 13.1. The molecule has 8 nitrogen and oxygen atoms in total. The van der Waals surface area contributed by atoms with Crippen LogP contribution in [0.15, 0.2) is 23.1 Å². The van der Waals surface area contributed by atoms with Gasteiger partial charge in [-0.2, -0.15) is 0 Å². The van der Waals surface area contributed by atoms with Crippen LogP contribution in [0.2, 0.25) is 0 Å². The molecule has 0 amide bonds. The monoisotopic (exact) mass is 260 g/mol. The van der Waals surface area contributed by atoms with Crippen LogP contribution in [0.5, 0.6) is 0 Å². The number of methoxy groups -OCH3 is 1. The first-order valence-electron chi connectivity index (χ1n) is 4.17. The molecule has 17 heavy (non-hydrogen) atoms. The van der Waals surface area contributed by atoms with E-state index in [1.807, 2.05) is 0 Å². The average Bonchev–Trinajstić information content (AvgIpc) is 2.25. The van der Waals surface area contributed by atoms with Crippen molar-refractivity contribution in [2.75, 3.05) is 7.11 Å². The minimum Gasteiger partial charge on any atom is -0.465 e. The molecule has 1 rings (SSSR count). The molecule has 92 valence electrons. The van der Waals surface area contributed by atoms with Gasteiger partial charge in [-0.25, -0.2) is 18.4 Å². The molecule has 0 aromatic heterocycles. The van der Waals surface area contributed by atoms with E-state index in [4.69, 9.17) is 5.14 Å². The number of nitrogens with two attached hydrogens (primary N) is 1. The first-order valence-corrected chi connectivity index (χ1v) is 5.71. The van der Waals surface area contributed by atoms with Crippen LogP contribution in [0.3, 0.4) is 0 Å². The number of ether oxygens (including phenoxy) is 1. The van der Waals surface area contributed by atoms with Crippen LogP contribution in [0.25, 0.3) is 0 Å². The van der Waals surface area contributed by atoms with Crippen LogP contribution in [0.4, 0.5) is 5.69 Å². The second-order valence-electron chi connectivity index (χ2n) is 2.97. The minimum atomic E-state index is -4.06. The summed E-state index contributed by atoms with van der Waals surface area (Å²) in [6.45, 7) is 0. The third-order valence-electron chi connectivity index (χ3n) is 1.90. The van der Waals surface area contributed by atoms with Gasteiger partial charge in [-0.3, -0.25) is 10.1 Å². The Hall–Kier alpha value is -2.00. The Morgan fingerprint density at radius 2 is 2.06 bits per heavy atom. The molecule has 0 aliphatic carbocycles. The van der Waals surface area contributed by atoms with Gasteiger partial charge in [-0.15, -0.1) is 0 Å². The molecular weight excluding hydrogens is 252 g/mol. The van der Waals surface area contributed by atoms with Crippen molar-refractivity contribution >= 4 is 21.7 Å². The Labute approximate surface area is 96.2 Å². The van der Waals surface area contributed by atoms with Gasteiger partial charge in [0.05, 0.1) is 16.9 Å². The van der Waals surface area contributed by atoms with E-state index in [1.54, 1.807) is 0 Å². The second kappa shape index (κ2) is 4.47. The third-order valence-corrected chi connectivity index (χ3v) is 2.81. The summed E-state index contributed by atoms with van der Waals surface area (Å²) in [4.78, 5) is 20.5. The van der Waals surface area contributed by atoms with Crippen molar-refractivity contribution in [3.8, 4) is 0 Å². The zero-order valence-corrected chi connectivity index (χ0v) is 9.43. The number of nitro benzene ring substituents is 1. The van der Waals surface area contributed by atoms with Crippen molar-refractivity contribution in [2.45, 2.75) is 4.90 Å². The van der Waals surface area contributed by atoms with Crippen LogP contribution in [0, 0.1) is 10.1 Å². The van der Waals surface area contributed by atoms with Gasteiger partial charge in [0.25, 0.3) is 5.69 Å². The highest BCUT2D eigenvalue weighted by atomic mass is 32.2. The maximum Gasteiger partial charge on any atom is 0.344 e. The molecule has 0 heterocycles. The number of rotatable bonds is 3. The summed E-state index contributed by atoms with van der Waals surface area (Å²) in [6.07, 6.45) is 0. The van der Waals surface area contributed by atoms with E-state index in [1.165, 1.54) is 0 Å². The number of carbonyl (C=O) groups excluding carboxylic acids is 1. The molecule has 0 unspecified atom stereocenters. The molecule has 0 aliphatic rings. The third kappa shape index (κ3) is 2.77. The lowest BCUT2D eigenvalue weighted by Gasteiger charge is -2.03. The van der Waals surface area contributed by atoms with Crippen LogP contribution in [-0.2, 0) is 14.8 Å². The Kier molecular flexibility index (Phi) is 3.44. The Bertz CT molecular complexity index is 580. The molecule has 0 saturated carbocycles. The maximum absolute atomic E-state index is 11.2. The fraction of sp³-hybridized carbons (Fsp3) is 0.125. The fourth-order valence-electron chi connectivity index (χ4n) is 1.12. The first-order chi connectivity index (χ1) is 7.77. The largest absolute Gasteiger partial charge is 0.465 e. The molecule has 0 spiro atoms. The van der Waals surface area contributed by atoms with Gasteiger partial charge in [-0.1, -0.05) is 0 Å². The SMILES string of the molecule is COC(=O)c1ccc(S(N)(=O)=O)cc1[N+](=O)[O-]. The smallest absolute Gasteiger partial charge is 0.344 e. The molecule has 0 radical (unpaired) electrons. The van der Waals surface area contributed by atoms with Crippen LogP contribution in [0.1, 0.15) is 10.4 Å². The summed E-state index contributed by atoms with van der Waals surface area (Å²) in [6, 6.07) is 2.68. The maximum atomic E-state index is 11.2. The Morgan fingerprint density at radius 1 is 1.47 bits per heavy atom. The number of nitro groups is 1.